The van der Waals surface area contributed by atoms with Crippen LogP contribution in [0.4, 0.5) is 24.7 Å². The van der Waals surface area contributed by atoms with E-state index >= 15 is 0 Å². The number of amides is 1. The lowest BCUT2D eigenvalue weighted by Crippen LogP contribution is -2.44. The zero-order chi connectivity index (χ0) is 22.7. The maximum atomic E-state index is 12.8. The smallest absolute Gasteiger partial charge is 0.417 e. The summed E-state index contributed by atoms with van der Waals surface area (Å²) in [7, 11) is 0. The number of aromatic nitrogens is 1. The van der Waals surface area contributed by atoms with Crippen LogP contribution in [0.2, 0.25) is 0 Å². The van der Waals surface area contributed by atoms with Gasteiger partial charge in [0.25, 0.3) is 0 Å². The van der Waals surface area contributed by atoms with Crippen molar-refractivity contribution >= 4 is 17.4 Å². The Morgan fingerprint density at radius 2 is 1.84 bits per heavy atom. The zero-order valence-corrected chi connectivity index (χ0v) is 17.7. The molecule has 2 aromatic rings. The topological polar surface area (TPSA) is 66.9 Å². The van der Waals surface area contributed by atoms with Crippen LogP contribution in [-0.2, 0) is 11.0 Å². The number of nitrogens with zero attached hydrogens (tertiary/aromatic N) is 3. The number of anilines is 2. The number of nitrogens with one attached hydrogen (secondary N) is 1. The van der Waals surface area contributed by atoms with Gasteiger partial charge in [0.15, 0.2) is 11.5 Å². The van der Waals surface area contributed by atoms with Crippen molar-refractivity contribution in [3.8, 4) is 11.5 Å². The minimum Gasteiger partial charge on any atom is -0.486 e. The summed E-state index contributed by atoms with van der Waals surface area (Å²) in [5.41, 5.74) is -0.126. The van der Waals surface area contributed by atoms with Crippen LogP contribution in [0.25, 0.3) is 0 Å². The van der Waals surface area contributed by atoms with Crippen LogP contribution in [0.3, 0.4) is 0 Å². The van der Waals surface area contributed by atoms with Gasteiger partial charge in [-0.15, -0.1) is 0 Å². The Morgan fingerprint density at radius 1 is 1.06 bits per heavy atom. The van der Waals surface area contributed by atoms with Crippen molar-refractivity contribution in [1.29, 1.82) is 0 Å². The Labute approximate surface area is 184 Å². The molecule has 0 unspecified atom stereocenters. The fraction of sp³-hybridized carbons (Fsp3) is 0.455. The van der Waals surface area contributed by atoms with E-state index in [1.165, 1.54) is 6.07 Å². The summed E-state index contributed by atoms with van der Waals surface area (Å²) in [5, 5.41) is 2.92. The maximum absolute atomic E-state index is 12.8. The van der Waals surface area contributed by atoms with Gasteiger partial charge in [-0.1, -0.05) is 0 Å². The summed E-state index contributed by atoms with van der Waals surface area (Å²) in [6.45, 7) is 5.35. The second-order valence-electron chi connectivity index (χ2n) is 7.80. The molecule has 0 aliphatic carbocycles. The molecule has 1 aromatic carbocycles. The van der Waals surface area contributed by atoms with Crippen molar-refractivity contribution in [1.82, 2.24) is 9.88 Å². The summed E-state index contributed by atoms with van der Waals surface area (Å²) in [4.78, 5) is 20.8. The first kappa shape index (κ1) is 22.2. The number of halogens is 3. The predicted octanol–water partition coefficient (Wildman–Crippen LogP) is 3.41. The largest absolute Gasteiger partial charge is 0.486 e. The number of alkyl halides is 3. The molecule has 2 aliphatic heterocycles. The Balaban J connectivity index is 1.35. The molecule has 0 bridgehead atoms. The molecular formula is C22H25F3N4O3. The number of rotatable bonds is 4. The van der Waals surface area contributed by atoms with Crippen molar-refractivity contribution in [3.63, 3.8) is 0 Å². The van der Waals surface area contributed by atoms with Crippen LogP contribution in [0.5, 0.6) is 11.5 Å². The van der Waals surface area contributed by atoms with Crippen LogP contribution >= 0.6 is 0 Å². The summed E-state index contributed by atoms with van der Waals surface area (Å²) < 4.78 is 49.4. The highest BCUT2D eigenvalue weighted by Gasteiger charge is 2.31. The molecule has 1 amide bonds. The van der Waals surface area contributed by atoms with Gasteiger partial charge in [0.05, 0.1) is 11.6 Å². The number of ether oxygens (including phenoxy) is 2. The summed E-state index contributed by atoms with van der Waals surface area (Å²) in [5.74, 6) is 1.64. The Kier molecular flexibility index (Phi) is 6.40. The van der Waals surface area contributed by atoms with E-state index in [0.717, 1.165) is 18.7 Å². The van der Waals surface area contributed by atoms with E-state index in [4.69, 9.17) is 9.47 Å². The Morgan fingerprint density at radius 3 is 2.56 bits per heavy atom. The lowest BCUT2D eigenvalue weighted by Gasteiger charge is -2.27. The molecule has 172 valence electrons. The number of carbonyl (C=O) groups is 1. The van der Waals surface area contributed by atoms with Crippen molar-refractivity contribution in [2.24, 2.45) is 0 Å². The van der Waals surface area contributed by atoms with Crippen molar-refractivity contribution in [2.45, 2.75) is 25.6 Å². The summed E-state index contributed by atoms with van der Waals surface area (Å²) in [6.07, 6.45) is -2.77. The second kappa shape index (κ2) is 9.23. The van der Waals surface area contributed by atoms with Gasteiger partial charge in [0.1, 0.15) is 19.0 Å². The molecule has 1 saturated heterocycles. The van der Waals surface area contributed by atoms with Gasteiger partial charge in [-0.3, -0.25) is 9.69 Å². The quantitative estimate of drug-likeness (QED) is 0.770. The fourth-order valence-electron chi connectivity index (χ4n) is 3.83. The first-order chi connectivity index (χ1) is 15.3. The molecule has 4 rings (SSSR count). The molecule has 0 spiro atoms. The number of hydrogen-bond donors (Lipinski definition) is 1. The first-order valence-corrected chi connectivity index (χ1v) is 10.5. The second-order valence-corrected chi connectivity index (χ2v) is 7.80. The lowest BCUT2D eigenvalue weighted by atomic mass is 10.2. The fourth-order valence-corrected chi connectivity index (χ4v) is 3.83. The molecular weight excluding hydrogens is 425 g/mol. The van der Waals surface area contributed by atoms with Crippen LogP contribution in [0, 0.1) is 0 Å². The predicted molar refractivity (Wildman–Crippen MR) is 113 cm³/mol. The van der Waals surface area contributed by atoms with Crippen LogP contribution in [-0.4, -0.2) is 61.2 Å². The third-order valence-electron chi connectivity index (χ3n) is 5.67. The van der Waals surface area contributed by atoms with Crippen molar-refractivity contribution < 1.29 is 27.4 Å². The van der Waals surface area contributed by atoms with Gasteiger partial charge in [0, 0.05) is 44.1 Å². The number of hydrogen-bond acceptors (Lipinski definition) is 6. The maximum Gasteiger partial charge on any atom is 0.417 e. The molecule has 10 heteroatoms. The van der Waals surface area contributed by atoms with Gasteiger partial charge < -0.3 is 19.7 Å². The minimum absolute atomic E-state index is 0.136. The average molecular weight is 450 g/mol. The van der Waals surface area contributed by atoms with Gasteiger partial charge in [-0.25, -0.2) is 4.98 Å². The third-order valence-corrected chi connectivity index (χ3v) is 5.67. The number of fused-ring (bicyclic) bond motifs is 1. The van der Waals surface area contributed by atoms with Crippen molar-refractivity contribution in [3.05, 3.63) is 42.1 Å². The Hall–Kier alpha value is -3.01. The monoisotopic (exact) mass is 450 g/mol. The molecule has 1 atom stereocenters. The molecule has 1 fully saturated rings. The van der Waals surface area contributed by atoms with E-state index in [9.17, 15) is 18.0 Å². The molecule has 32 heavy (non-hydrogen) atoms. The molecule has 7 nitrogen and oxygen atoms in total. The van der Waals surface area contributed by atoms with Gasteiger partial charge in [-0.2, -0.15) is 13.2 Å². The zero-order valence-electron chi connectivity index (χ0n) is 17.7. The lowest BCUT2D eigenvalue weighted by molar-refractivity contribution is -0.137. The SMILES string of the molecule is C[C@H](C(=O)Nc1ccc2c(c1)OCCO2)N1CCCN(c2ccc(C(F)(F)F)cn2)CC1. The van der Waals surface area contributed by atoms with Crippen LogP contribution < -0.4 is 19.7 Å². The number of carbonyl (C=O) groups excluding carboxylic acids is 1. The molecule has 1 N–H and O–H groups in total. The number of pyridine rings is 1. The van der Waals surface area contributed by atoms with Gasteiger partial charge in [-0.05, 0) is 37.6 Å². The first-order valence-electron chi connectivity index (χ1n) is 10.5. The van der Waals surface area contributed by atoms with Crippen LogP contribution in [0.15, 0.2) is 36.5 Å². The highest BCUT2D eigenvalue weighted by atomic mass is 19.4. The van der Waals surface area contributed by atoms with Gasteiger partial charge >= 0.3 is 6.18 Å². The van der Waals surface area contributed by atoms with E-state index in [-0.39, 0.29) is 11.9 Å². The van der Waals surface area contributed by atoms with Gasteiger partial charge in [0.2, 0.25) is 5.91 Å². The highest BCUT2D eigenvalue weighted by molar-refractivity contribution is 5.94. The van der Waals surface area contributed by atoms with Crippen molar-refractivity contribution in [2.75, 3.05) is 49.6 Å². The van der Waals surface area contributed by atoms with E-state index in [1.54, 1.807) is 18.2 Å². The van der Waals surface area contributed by atoms with E-state index in [1.807, 2.05) is 11.8 Å². The van der Waals surface area contributed by atoms with E-state index in [0.29, 0.717) is 62.4 Å². The summed E-state index contributed by atoms with van der Waals surface area (Å²) >= 11 is 0. The summed E-state index contributed by atoms with van der Waals surface area (Å²) in [6, 6.07) is 7.38. The van der Waals surface area contributed by atoms with E-state index in [2.05, 4.69) is 15.2 Å². The van der Waals surface area contributed by atoms with Crippen LogP contribution in [0.1, 0.15) is 18.9 Å². The molecule has 0 radical (unpaired) electrons. The highest BCUT2D eigenvalue weighted by Crippen LogP contribution is 2.33. The third kappa shape index (κ3) is 5.07. The standard InChI is InChI=1S/C22H25F3N4O3/c1-15(21(30)27-17-4-5-18-19(13-17)32-12-11-31-18)28-7-2-8-29(10-9-28)20-6-3-16(14-26-20)22(23,24)25/h3-6,13-15H,2,7-12H2,1H3,(H,27,30)/t15-/m1/s1. The normalized spacial score (nSPS) is 18.1. The Bertz CT molecular complexity index is 952. The number of benzene rings is 1. The molecule has 0 saturated carbocycles. The average Bonchev–Trinajstić information content (AvgIpc) is 3.04. The molecule has 1 aromatic heterocycles. The molecule has 2 aliphatic rings. The molecule has 3 heterocycles. The minimum atomic E-state index is -4.40. The van der Waals surface area contributed by atoms with E-state index < -0.39 is 11.7 Å².